The Kier molecular flexibility index (Phi) is 21.2. The largest absolute Gasteiger partial charge is 1.00 e. The monoisotopic (exact) mass is 282 g/mol. The number of carbonyl (C=O) groups excluding carboxylic acids is 1. The van der Waals surface area contributed by atoms with Crippen molar-refractivity contribution >= 4 is 12.2 Å². The average molecular weight is 282 g/mol. The van der Waals surface area contributed by atoms with Crippen molar-refractivity contribution in [2.45, 2.75) is 18.9 Å². The van der Waals surface area contributed by atoms with Gasteiger partial charge in [-0.15, -0.1) is 0 Å². The minimum atomic E-state index is -2.33. The zero-order chi connectivity index (χ0) is 11.0. The Hall–Kier alpha value is 1.77. The third kappa shape index (κ3) is 18.1. The van der Waals surface area contributed by atoms with Crippen LogP contribution in [0.1, 0.15) is 12.8 Å². The first-order chi connectivity index (χ1) is 6.52. The summed E-state index contributed by atoms with van der Waals surface area (Å²) >= 11 is 0. The number of hydrogen-bond acceptors (Lipinski definition) is 5. The summed E-state index contributed by atoms with van der Waals surface area (Å²) < 4.78 is 0. The van der Waals surface area contributed by atoms with Crippen LogP contribution in [-0.4, -0.2) is 36.5 Å². The van der Waals surface area contributed by atoms with E-state index in [0.29, 0.717) is 0 Å². The molecule has 16 heavy (non-hydrogen) atoms. The SMILES string of the molecule is O=C(O)NC1CCNCC1.O=C([O-])[O-].[K+].[K+]. The number of nitrogens with one attached hydrogen (secondary N) is 2. The Morgan fingerprint density at radius 1 is 1.19 bits per heavy atom. The van der Waals surface area contributed by atoms with Crippen LogP contribution in [0.4, 0.5) is 9.59 Å². The molecule has 1 rings (SSSR count). The van der Waals surface area contributed by atoms with E-state index in [2.05, 4.69) is 10.6 Å². The van der Waals surface area contributed by atoms with Crippen molar-refractivity contribution in [3.05, 3.63) is 0 Å². The maximum absolute atomic E-state index is 10.1. The Bertz CT molecular complexity index is 195. The van der Waals surface area contributed by atoms with Crippen molar-refractivity contribution in [3.8, 4) is 0 Å². The standard InChI is InChI=1S/C6H12N2O2.CH2O3.2K/c9-6(10)8-5-1-3-7-4-2-5;2-1(3)4;;/h5,7-8H,1-4H2,(H,9,10);(H2,2,3,4);;/q;;2*+1/p-2. The molecule has 1 aliphatic rings. The quantitative estimate of drug-likeness (QED) is 0.410. The molecule has 82 valence electrons. The molecule has 1 saturated heterocycles. The third-order valence-corrected chi connectivity index (χ3v) is 1.67. The van der Waals surface area contributed by atoms with E-state index in [1.165, 1.54) is 0 Å². The van der Waals surface area contributed by atoms with Gasteiger partial charge in [0.1, 0.15) is 0 Å². The number of hydrogen-bond donors (Lipinski definition) is 3. The smallest absolute Gasteiger partial charge is 0.652 e. The molecule has 7 nitrogen and oxygen atoms in total. The van der Waals surface area contributed by atoms with Crippen LogP contribution < -0.4 is 124 Å². The number of piperidine rings is 1. The van der Waals surface area contributed by atoms with Gasteiger partial charge in [-0.2, -0.15) is 0 Å². The van der Waals surface area contributed by atoms with Crippen molar-refractivity contribution in [2.24, 2.45) is 0 Å². The summed E-state index contributed by atoms with van der Waals surface area (Å²) in [5.74, 6) is 0. The van der Waals surface area contributed by atoms with Gasteiger partial charge in [0, 0.05) is 6.04 Å². The van der Waals surface area contributed by atoms with Crippen LogP contribution in [0, 0.1) is 0 Å². The summed E-state index contributed by atoms with van der Waals surface area (Å²) in [6.07, 6.45) is -1.43. The molecule has 1 aliphatic heterocycles. The molecule has 1 amide bonds. The maximum Gasteiger partial charge on any atom is 1.00 e. The molecule has 0 aromatic heterocycles. The molecule has 0 atom stereocenters. The van der Waals surface area contributed by atoms with Crippen LogP contribution in [0.15, 0.2) is 0 Å². The van der Waals surface area contributed by atoms with Gasteiger partial charge in [0.25, 0.3) is 0 Å². The molecule has 0 aromatic rings. The molecule has 9 heteroatoms. The minimum Gasteiger partial charge on any atom is -0.652 e. The third-order valence-electron chi connectivity index (χ3n) is 1.67. The first-order valence-corrected chi connectivity index (χ1v) is 4.10. The van der Waals surface area contributed by atoms with Crippen molar-refractivity contribution in [1.29, 1.82) is 0 Å². The molecule has 1 heterocycles. The molecule has 0 aliphatic carbocycles. The maximum atomic E-state index is 10.1. The van der Waals surface area contributed by atoms with E-state index in [-0.39, 0.29) is 109 Å². The van der Waals surface area contributed by atoms with E-state index in [4.69, 9.17) is 20.1 Å². The second kappa shape index (κ2) is 14.8. The van der Waals surface area contributed by atoms with Crippen LogP contribution in [-0.2, 0) is 0 Å². The van der Waals surface area contributed by atoms with Crippen molar-refractivity contribution in [2.75, 3.05) is 13.1 Å². The first kappa shape index (κ1) is 22.9. The second-order valence-electron chi connectivity index (χ2n) is 2.72. The van der Waals surface area contributed by atoms with Crippen molar-refractivity contribution in [1.82, 2.24) is 10.6 Å². The Balaban J connectivity index is -0.000000249. The molecular formula is C7H12K2N2O5. The summed E-state index contributed by atoms with van der Waals surface area (Å²) in [6, 6.07) is 0.166. The average Bonchev–Trinajstić information content (AvgIpc) is 2.03. The van der Waals surface area contributed by atoms with Crippen LogP contribution in [0.5, 0.6) is 0 Å². The van der Waals surface area contributed by atoms with Gasteiger partial charge in [-0.3, -0.25) is 0 Å². The van der Waals surface area contributed by atoms with Crippen LogP contribution in [0.25, 0.3) is 0 Å². The van der Waals surface area contributed by atoms with Gasteiger partial charge in [-0.25, -0.2) is 4.79 Å². The molecule has 0 aromatic carbocycles. The zero-order valence-electron chi connectivity index (χ0n) is 9.49. The molecule has 0 radical (unpaired) electrons. The number of carboxylic acid groups (broad SMARTS) is 3. The summed E-state index contributed by atoms with van der Waals surface area (Å²) in [7, 11) is 0. The molecule has 0 bridgehead atoms. The van der Waals surface area contributed by atoms with Gasteiger partial charge in [0.2, 0.25) is 0 Å². The van der Waals surface area contributed by atoms with E-state index in [0.717, 1.165) is 25.9 Å². The molecule has 1 fully saturated rings. The number of amides is 1. The Morgan fingerprint density at radius 2 is 1.56 bits per heavy atom. The molecule has 3 N–H and O–H groups in total. The molecule has 0 spiro atoms. The first-order valence-electron chi connectivity index (χ1n) is 4.10. The predicted octanol–water partition coefficient (Wildman–Crippen LogP) is -8.43. The van der Waals surface area contributed by atoms with Gasteiger partial charge in [0.15, 0.2) is 0 Å². The number of rotatable bonds is 1. The fourth-order valence-corrected chi connectivity index (χ4v) is 1.14. The minimum absolute atomic E-state index is 0. The van der Waals surface area contributed by atoms with Gasteiger partial charge >= 0.3 is 109 Å². The van der Waals surface area contributed by atoms with Crippen LogP contribution in [0.2, 0.25) is 0 Å². The van der Waals surface area contributed by atoms with Gasteiger partial charge in [-0.1, -0.05) is 0 Å². The fraction of sp³-hybridized carbons (Fsp3) is 0.714. The van der Waals surface area contributed by atoms with Crippen molar-refractivity contribution < 1.29 is 128 Å². The summed E-state index contributed by atoms with van der Waals surface area (Å²) in [5, 5.41) is 30.6. The van der Waals surface area contributed by atoms with Crippen molar-refractivity contribution in [3.63, 3.8) is 0 Å². The summed E-state index contributed by atoms with van der Waals surface area (Å²) in [5.41, 5.74) is 0. The summed E-state index contributed by atoms with van der Waals surface area (Å²) in [4.78, 5) is 18.5. The normalized spacial score (nSPS) is 14.2. The molecular weight excluding hydrogens is 270 g/mol. The summed E-state index contributed by atoms with van der Waals surface area (Å²) in [6.45, 7) is 1.84. The van der Waals surface area contributed by atoms with E-state index >= 15 is 0 Å². The van der Waals surface area contributed by atoms with Gasteiger partial charge in [0.05, 0.1) is 0 Å². The Labute approximate surface area is 179 Å². The van der Waals surface area contributed by atoms with E-state index < -0.39 is 12.2 Å². The fourth-order valence-electron chi connectivity index (χ4n) is 1.14. The zero-order valence-corrected chi connectivity index (χ0v) is 15.7. The molecule has 0 unspecified atom stereocenters. The molecule has 0 saturated carbocycles. The van der Waals surface area contributed by atoms with E-state index in [1.807, 2.05) is 0 Å². The van der Waals surface area contributed by atoms with Crippen LogP contribution >= 0.6 is 0 Å². The van der Waals surface area contributed by atoms with Gasteiger partial charge in [-0.05, 0) is 32.1 Å². The topological polar surface area (TPSA) is 125 Å². The Morgan fingerprint density at radius 3 is 1.88 bits per heavy atom. The van der Waals surface area contributed by atoms with E-state index in [9.17, 15) is 4.79 Å². The van der Waals surface area contributed by atoms with E-state index in [1.54, 1.807) is 0 Å². The predicted molar refractivity (Wildman–Crippen MR) is 42.4 cm³/mol. The second-order valence-corrected chi connectivity index (χ2v) is 2.72. The van der Waals surface area contributed by atoms with Gasteiger partial charge < -0.3 is 30.7 Å². The van der Waals surface area contributed by atoms with Crippen LogP contribution in [0.3, 0.4) is 0 Å². The number of carbonyl (C=O) groups is 2.